The average molecular weight is 264 g/mol. The van der Waals surface area contributed by atoms with E-state index in [1.165, 1.54) is 25.3 Å². The zero-order chi connectivity index (χ0) is 14.0. The van der Waals surface area contributed by atoms with E-state index in [0.717, 1.165) is 12.1 Å². The van der Waals surface area contributed by atoms with Gasteiger partial charge in [0.15, 0.2) is 6.29 Å². The number of phenols is 1. The third-order valence-electron chi connectivity index (χ3n) is 2.69. The number of rotatable bonds is 3. The second-order valence-corrected chi connectivity index (χ2v) is 3.86. The van der Waals surface area contributed by atoms with E-state index in [2.05, 4.69) is 0 Å². The Morgan fingerprint density at radius 3 is 2.32 bits per heavy atom. The second kappa shape index (κ2) is 5.06. The summed E-state index contributed by atoms with van der Waals surface area (Å²) in [7, 11) is 1.30. The summed E-state index contributed by atoms with van der Waals surface area (Å²) >= 11 is 0. The molecule has 5 heteroatoms. The van der Waals surface area contributed by atoms with Crippen LogP contribution < -0.4 is 4.74 Å². The van der Waals surface area contributed by atoms with Crippen molar-refractivity contribution in [3.8, 4) is 22.6 Å². The maximum atomic E-state index is 13.8. The number of carbonyl (C=O) groups excluding carboxylic acids is 1. The molecule has 0 aliphatic rings. The third kappa shape index (κ3) is 2.40. The fraction of sp³-hybridized carbons (Fsp3) is 0.0714. The number of ether oxygens (including phenoxy) is 1. The molecule has 0 unspecified atom stereocenters. The Bertz CT molecular complexity index is 616. The molecule has 0 aromatic heterocycles. The fourth-order valence-corrected chi connectivity index (χ4v) is 1.75. The number of halogens is 2. The van der Waals surface area contributed by atoms with Gasteiger partial charge in [-0.05, 0) is 17.7 Å². The molecule has 2 aromatic carbocycles. The third-order valence-corrected chi connectivity index (χ3v) is 2.69. The number of phenolic OH excluding ortho intramolecular Hbond substituents is 1. The zero-order valence-corrected chi connectivity index (χ0v) is 9.98. The maximum absolute atomic E-state index is 13.8. The van der Waals surface area contributed by atoms with Gasteiger partial charge in [-0.1, -0.05) is 6.07 Å². The standard InChI is InChI=1S/C14H10F2O3/c1-19-10-5-11(15)14(12(16)6-10)8-2-3-13(18)9(4-8)7-17/h2-7,18H,1H3. The lowest BCUT2D eigenvalue weighted by atomic mass is 10.0. The van der Waals surface area contributed by atoms with Crippen LogP contribution in [0.4, 0.5) is 8.78 Å². The molecule has 0 aliphatic carbocycles. The van der Waals surface area contributed by atoms with Crippen LogP contribution in [0.2, 0.25) is 0 Å². The van der Waals surface area contributed by atoms with Gasteiger partial charge in [-0.3, -0.25) is 4.79 Å². The van der Waals surface area contributed by atoms with Crippen molar-refractivity contribution < 1.29 is 23.4 Å². The lowest BCUT2D eigenvalue weighted by Crippen LogP contribution is -1.94. The Labute approximate surface area is 108 Å². The van der Waals surface area contributed by atoms with Crippen molar-refractivity contribution in [2.75, 3.05) is 7.11 Å². The molecule has 0 amide bonds. The Morgan fingerprint density at radius 1 is 1.16 bits per heavy atom. The van der Waals surface area contributed by atoms with E-state index in [-0.39, 0.29) is 28.2 Å². The van der Waals surface area contributed by atoms with Gasteiger partial charge in [0.2, 0.25) is 0 Å². The minimum absolute atomic E-state index is 0.0351. The number of hydrogen-bond donors (Lipinski definition) is 1. The molecule has 2 aromatic rings. The largest absolute Gasteiger partial charge is 0.507 e. The molecule has 19 heavy (non-hydrogen) atoms. The smallest absolute Gasteiger partial charge is 0.153 e. The van der Waals surface area contributed by atoms with Crippen LogP contribution in [0.25, 0.3) is 11.1 Å². The summed E-state index contributed by atoms with van der Waals surface area (Å²) in [6, 6.07) is 5.85. The van der Waals surface area contributed by atoms with Gasteiger partial charge in [-0.25, -0.2) is 8.78 Å². The van der Waals surface area contributed by atoms with Crippen molar-refractivity contribution >= 4 is 6.29 Å². The minimum Gasteiger partial charge on any atom is -0.507 e. The monoisotopic (exact) mass is 264 g/mol. The van der Waals surface area contributed by atoms with Crippen LogP contribution >= 0.6 is 0 Å². The van der Waals surface area contributed by atoms with Gasteiger partial charge in [0.05, 0.1) is 18.2 Å². The molecule has 0 spiro atoms. The van der Waals surface area contributed by atoms with Gasteiger partial charge in [-0.2, -0.15) is 0 Å². The molecule has 0 radical (unpaired) electrons. The highest BCUT2D eigenvalue weighted by Gasteiger charge is 2.15. The highest BCUT2D eigenvalue weighted by Crippen LogP contribution is 2.31. The van der Waals surface area contributed by atoms with E-state index in [0.29, 0.717) is 6.29 Å². The van der Waals surface area contributed by atoms with Gasteiger partial charge < -0.3 is 9.84 Å². The normalized spacial score (nSPS) is 10.3. The molecule has 0 atom stereocenters. The molecule has 0 saturated carbocycles. The molecule has 0 saturated heterocycles. The SMILES string of the molecule is COc1cc(F)c(-c2ccc(O)c(C=O)c2)c(F)c1. The molecule has 1 N–H and O–H groups in total. The van der Waals surface area contributed by atoms with Crippen LogP contribution in [0, 0.1) is 11.6 Å². The molecular weight excluding hydrogens is 254 g/mol. The molecule has 98 valence electrons. The highest BCUT2D eigenvalue weighted by atomic mass is 19.1. The predicted molar refractivity (Wildman–Crippen MR) is 65.4 cm³/mol. The molecule has 0 aliphatic heterocycles. The molecule has 0 bridgehead atoms. The molecule has 0 fully saturated rings. The summed E-state index contributed by atoms with van der Waals surface area (Å²) in [5, 5.41) is 9.36. The van der Waals surface area contributed by atoms with E-state index in [1.54, 1.807) is 0 Å². The first-order valence-electron chi connectivity index (χ1n) is 5.38. The summed E-state index contributed by atoms with van der Waals surface area (Å²) in [5.41, 5.74) is -0.145. The van der Waals surface area contributed by atoms with E-state index in [9.17, 15) is 18.7 Å². The van der Waals surface area contributed by atoms with Crippen molar-refractivity contribution in [1.29, 1.82) is 0 Å². The summed E-state index contributed by atoms with van der Waals surface area (Å²) in [5.74, 6) is -1.79. The van der Waals surface area contributed by atoms with Crippen molar-refractivity contribution in [3.05, 3.63) is 47.5 Å². The lowest BCUT2D eigenvalue weighted by Gasteiger charge is -2.09. The van der Waals surface area contributed by atoms with Crippen LogP contribution in [0.15, 0.2) is 30.3 Å². The van der Waals surface area contributed by atoms with Crippen LogP contribution in [0.3, 0.4) is 0 Å². The van der Waals surface area contributed by atoms with Gasteiger partial charge in [-0.15, -0.1) is 0 Å². The van der Waals surface area contributed by atoms with Crippen molar-refractivity contribution in [1.82, 2.24) is 0 Å². The van der Waals surface area contributed by atoms with E-state index >= 15 is 0 Å². The van der Waals surface area contributed by atoms with E-state index in [1.807, 2.05) is 0 Å². The highest BCUT2D eigenvalue weighted by molar-refractivity contribution is 5.83. The zero-order valence-electron chi connectivity index (χ0n) is 9.98. The molecular formula is C14H10F2O3. The fourth-order valence-electron chi connectivity index (χ4n) is 1.75. The molecule has 0 heterocycles. The molecule has 2 rings (SSSR count). The number of aldehydes is 1. The van der Waals surface area contributed by atoms with Crippen LogP contribution in [0.5, 0.6) is 11.5 Å². The van der Waals surface area contributed by atoms with Gasteiger partial charge >= 0.3 is 0 Å². The minimum atomic E-state index is -0.806. The summed E-state index contributed by atoms with van der Waals surface area (Å²) < 4.78 is 32.5. The number of methoxy groups -OCH3 is 1. The first-order chi connectivity index (χ1) is 9.06. The quantitative estimate of drug-likeness (QED) is 0.866. The Balaban J connectivity index is 2.62. The second-order valence-electron chi connectivity index (χ2n) is 3.86. The van der Waals surface area contributed by atoms with Crippen molar-refractivity contribution in [2.24, 2.45) is 0 Å². The van der Waals surface area contributed by atoms with Crippen molar-refractivity contribution in [3.63, 3.8) is 0 Å². The Hall–Kier alpha value is -2.43. The van der Waals surface area contributed by atoms with E-state index in [4.69, 9.17) is 4.74 Å². The lowest BCUT2D eigenvalue weighted by molar-refractivity contribution is 0.112. The predicted octanol–water partition coefficient (Wildman–Crippen LogP) is 3.16. The number of carbonyl (C=O) groups is 1. The first kappa shape index (κ1) is 13.0. The number of hydrogen-bond acceptors (Lipinski definition) is 3. The van der Waals surface area contributed by atoms with Crippen molar-refractivity contribution in [2.45, 2.75) is 0 Å². The first-order valence-corrected chi connectivity index (χ1v) is 5.38. The van der Waals surface area contributed by atoms with Gasteiger partial charge in [0.1, 0.15) is 23.1 Å². The van der Waals surface area contributed by atoms with Gasteiger partial charge in [0.25, 0.3) is 0 Å². The van der Waals surface area contributed by atoms with Crippen LogP contribution in [0.1, 0.15) is 10.4 Å². The van der Waals surface area contributed by atoms with E-state index < -0.39 is 11.6 Å². The molecule has 3 nitrogen and oxygen atoms in total. The Morgan fingerprint density at radius 2 is 1.79 bits per heavy atom. The van der Waals surface area contributed by atoms with Crippen LogP contribution in [-0.4, -0.2) is 18.5 Å². The Kier molecular flexibility index (Phi) is 3.46. The summed E-state index contributed by atoms with van der Waals surface area (Å²) in [6.45, 7) is 0. The summed E-state index contributed by atoms with van der Waals surface area (Å²) in [4.78, 5) is 10.7. The number of benzene rings is 2. The summed E-state index contributed by atoms with van der Waals surface area (Å²) in [6.07, 6.45) is 0.415. The average Bonchev–Trinajstić information content (AvgIpc) is 2.39. The maximum Gasteiger partial charge on any atom is 0.153 e. The number of aromatic hydroxyl groups is 1. The van der Waals surface area contributed by atoms with Gasteiger partial charge in [0, 0.05) is 12.1 Å². The topological polar surface area (TPSA) is 46.5 Å². The van der Waals surface area contributed by atoms with Crippen LogP contribution in [-0.2, 0) is 0 Å².